The first-order valence-electron chi connectivity index (χ1n) is 7.30. The summed E-state index contributed by atoms with van der Waals surface area (Å²) < 4.78 is 10.6. The predicted octanol–water partition coefficient (Wildman–Crippen LogP) is 3.20. The molecular weight excluding hydrogens is 282 g/mol. The molecule has 0 saturated heterocycles. The molecule has 1 aromatic heterocycles. The molecule has 118 valence electrons. The molecule has 0 bridgehead atoms. The summed E-state index contributed by atoms with van der Waals surface area (Å²) in [5.74, 6) is -0.809. The molecule has 1 amide bonds. The van der Waals surface area contributed by atoms with Gasteiger partial charge in [0.1, 0.15) is 5.58 Å². The minimum Gasteiger partial charge on any atom is -0.450 e. The SMILES string of the molecule is CCC(C)(C)NC(=O)COC(=O)c1oc2ccccc2c1C. The molecule has 0 aliphatic carbocycles. The van der Waals surface area contributed by atoms with E-state index >= 15 is 0 Å². The maximum atomic E-state index is 12.1. The first-order valence-corrected chi connectivity index (χ1v) is 7.30. The number of carbonyl (C=O) groups is 2. The van der Waals surface area contributed by atoms with E-state index in [0.717, 1.165) is 17.4 Å². The van der Waals surface area contributed by atoms with Gasteiger partial charge in [0.25, 0.3) is 5.91 Å². The zero-order valence-corrected chi connectivity index (χ0v) is 13.4. The van der Waals surface area contributed by atoms with E-state index in [1.54, 1.807) is 13.0 Å². The van der Waals surface area contributed by atoms with Crippen LogP contribution in [0.3, 0.4) is 0 Å². The maximum Gasteiger partial charge on any atom is 0.375 e. The van der Waals surface area contributed by atoms with E-state index in [9.17, 15) is 9.59 Å². The van der Waals surface area contributed by atoms with Crippen LogP contribution in [0.15, 0.2) is 28.7 Å². The van der Waals surface area contributed by atoms with Crippen molar-refractivity contribution < 1.29 is 18.7 Å². The summed E-state index contributed by atoms with van der Waals surface area (Å²) in [6.45, 7) is 7.28. The first-order chi connectivity index (χ1) is 10.3. The Kier molecular flexibility index (Phi) is 4.54. The molecule has 5 heteroatoms. The van der Waals surface area contributed by atoms with Crippen molar-refractivity contribution in [2.24, 2.45) is 0 Å². The van der Waals surface area contributed by atoms with E-state index in [0.29, 0.717) is 5.58 Å². The molecule has 1 N–H and O–H groups in total. The lowest BCUT2D eigenvalue weighted by molar-refractivity contribution is -0.125. The lowest BCUT2D eigenvalue weighted by atomic mass is 10.0. The Balaban J connectivity index is 2.03. The van der Waals surface area contributed by atoms with Crippen LogP contribution in [0.1, 0.15) is 43.3 Å². The van der Waals surface area contributed by atoms with Crippen LogP contribution in [-0.2, 0) is 9.53 Å². The molecule has 0 atom stereocenters. The monoisotopic (exact) mass is 303 g/mol. The molecule has 0 aliphatic heterocycles. The van der Waals surface area contributed by atoms with Gasteiger partial charge in [0, 0.05) is 16.5 Å². The molecule has 2 aromatic rings. The number of furan rings is 1. The van der Waals surface area contributed by atoms with Crippen molar-refractivity contribution in [2.75, 3.05) is 6.61 Å². The predicted molar refractivity (Wildman–Crippen MR) is 83.7 cm³/mol. The zero-order valence-electron chi connectivity index (χ0n) is 13.4. The summed E-state index contributed by atoms with van der Waals surface area (Å²) in [6.07, 6.45) is 0.787. The van der Waals surface area contributed by atoms with Crippen LogP contribution in [0.2, 0.25) is 0 Å². The van der Waals surface area contributed by atoms with E-state index in [2.05, 4.69) is 5.32 Å². The highest BCUT2D eigenvalue weighted by atomic mass is 16.5. The maximum absolute atomic E-state index is 12.1. The quantitative estimate of drug-likeness (QED) is 0.861. The van der Waals surface area contributed by atoms with Crippen LogP contribution in [0.5, 0.6) is 0 Å². The lowest BCUT2D eigenvalue weighted by Gasteiger charge is -2.24. The smallest absolute Gasteiger partial charge is 0.375 e. The average molecular weight is 303 g/mol. The number of ether oxygens (including phenoxy) is 1. The Morgan fingerprint density at radius 3 is 2.59 bits per heavy atom. The van der Waals surface area contributed by atoms with Crippen molar-refractivity contribution >= 4 is 22.8 Å². The second kappa shape index (κ2) is 6.22. The Bertz CT molecular complexity index is 700. The number of para-hydroxylation sites is 1. The van der Waals surface area contributed by atoms with Gasteiger partial charge in [-0.1, -0.05) is 25.1 Å². The fraction of sp³-hybridized carbons (Fsp3) is 0.412. The molecule has 0 unspecified atom stereocenters. The highest BCUT2D eigenvalue weighted by Gasteiger charge is 2.22. The van der Waals surface area contributed by atoms with Crippen LogP contribution in [0.25, 0.3) is 11.0 Å². The van der Waals surface area contributed by atoms with Crippen LogP contribution < -0.4 is 5.32 Å². The van der Waals surface area contributed by atoms with Crippen LogP contribution in [-0.4, -0.2) is 24.0 Å². The minimum atomic E-state index is -0.627. The Labute approximate surface area is 129 Å². The molecule has 0 fully saturated rings. The van der Waals surface area contributed by atoms with Gasteiger partial charge in [-0.25, -0.2) is 4.79 Å². The molecule has 0 aliphatic rings. The summed E-state index contributed by atoms with van der Waals surface area (Å²) in [4.78, 5) is 23.9. The normalized spacial score (nSPS) is 11.5. The number of esters is 1. The number of hydrogen-bond donors (Lipinski definition) is 1. The fourth-order valence-corrected chi connectivity index (χ4v) is 2.07. The van der Waals surface area contributed by atoms with E-state index in [-0.39, 0.29) is 23.8 Å². The lowest BCUT2D eigenvalue weighted by Crippen LogP contribution is -2.44. The number of carbonyl (C=O) groups excluding carboxylic acids is 2. The number of hydrogen-bond acceptors (Lipinski definition) is 4. The third-order valence-corrected chi connectivity index (χ3v) is 3.73. The molecule has 22 heavy (non-hydrogen) atoms. The summed E-state index contributed by atoms with van der Waals surface area (Å²) >= 11 is 0. The second-order valence-electron chi connectivity index (χ2n) is 5.91. The van der Waals surface area contributed by atoms with Gasteiger partial charge < -0.3 is 14.5 Å². The van der Waals surface area contributed by atoms with E-state index in [1.165, 1.54) is 0 Å². The van der Waals surface area contributed by atoms with Crippen molar-refractivity contribution in [1.82, 2.24) is 5.32 Å². The number of rotatable bonds is 5. The molecule has 5 nitrogen and oxygen atoms in total. The average Bonchev–Trinajstić information content (AvgIpc) is 2.82. The summed E-state index contributed by atoms with van der Waals surface area (Å²) in [5, 5.41) is 3.67. The highest BCUT2D eigenvalue weighted by Crippen LogP contribution is 2.25. The van der Waals surface area contributed by atoms with Crippen LogP contribution in [0, 0.1) is 6.92 Å². The van der Waals surface area contributed by atoms with Gasteiger partial charge in [0.05, 0.1) is 0 Å². The Morgan fingerprint density at radius 1 is 1.27 bits per heavy atom. The number of nitrogens with one attached hydrogen (secondary N) is 1. The minimum absolute atomic E-state index is 0.142. The Hall–Kier alpha value is -2.30. The summed E-state index contributed by atoms with van der Waals surface area (Å²) in [7, 11) is 0. The molecular formula is C17H21NO4. The zero-order chi connectivity index (χ0) is 16.3. The standard InChI is InChI=1S/C17H21NO4/c1-5-17(3,4)18-14(19)10-21-16(20)15-11(2)12-8-6-7-9-13(12)22-15/h6-9H,5,10H2,1-4H3,(H,18,19). The highest BCUT2D eigenvalue weighted by molar-refractivity contribution is 5.96. The van der Waals surface area contributed by atoms with Crippen LogP contribution >= 0.6 is 0 Å². The van der Waals surface area contributed by atoms with Crippen molar-refractivity contribution in [1.29, 1.82) is 0 Å². The number of fused-ring (bicyclic) bond motifs is 1. The summed E-state index contributed by atoms with van der Waals surface area (Å²) in [6, 6.07) is 7.37. The van der Waals surface area contributed by atoms with Gasteiger partial charge in [0.15, 0.2) is 6.61 Å². The third kappa shape index (κ3) is 3.47. The van der Waals surface area contributed by atoms with Gasteiger partial charge in [-0.15, -0.1) is 0 Å². The van der Waals surface area contributed by atoms with Crippen molar-refractivity contribution in [3.8, 4) is 0 Å². The molecule has 1 heterocycles. The van der Waals surface area contributed by atoms with Gasteiger partial charge >= 0.3 is 5.97 Å². The Morgan fingerprint density at radius 2 is 1.95 bits per heavy atom. The second-order valence-corrected chi connectivity index (χ2v) is 5.91. The van der Waals surface area contributed by atoms with Crippen LogP contribution in [0.4, 0.5) is 0 Å². The van der Waals surface area contributed by atoms with Crippen molar-refractivity contribution in [3.63, 3.8) is 0 Å². The number of aryl methyl sites for hydroxylation is 1. The molecule has 2 rings (SSSR count). The third-order valence-electron chi connectivity index (χ3n) is 3.73. The van der Waals surface area contributed by atoms with Gasteiger partial charge in [-0.05, 0) is 33.3 Å². The van der Waals surface area contributed by atoms with Gasteiger partial charge in [0.2, 0.25) is 5.76 Å². The molecule has 0 spiro atoms. The topological polar surface area (TPSA) is 68.5 Å². The van der Waals surface area contributed by atoms with E-state index < -0.39 is 5.97 Å². The fourth-order valence-electron chi connectivity index (χ4n) is 2.07. The van der Waals surface area contributed by atoms with Crippen molar-refractivity contribution in [3.05, 3.63) is 35.6 Å². The number of benzene rings is 1. The molecule has 1 aromatic carbocycles. The van der Waals surface area contributed by atoms with E-state index in [4.69, 9.17) is 9.15 Å². The number of amides is 1. The van der Waals surface area contributed by atoms with Gasteiger partial charge in [-0.3, -0.25) is 4.79 Å². The molecule has 0 saturated carbocycles. The van der Waals surface area contributed by atoms with Crippen molar-refractivity contribution in [2.45, 2.75) is 39.7 Å². The largest absolute Gasteiger partial charge is 0.450 e. The first kappa shape index (κ1) is 16.1. The summed E-state index contributed by atoms with van der Waals surface area (Å²) in [5.41, 5.74) is 1.03. The van der Waals surface area contributed by atoms with Gasteiger partial charge in [-0.2, -0.15) is 0 Å². The van der Waals surface area contributed by atoms with E-state index in [1.807, 2.05) is 39.0 Å². The molecule has 0 radical (unpaired) electrons.